The number of furan rings is 1. The molecule has 0 bridgehead atoms. The predicted octanol–water partition coefficient (Wildman–Crippen LogP) is 15.3. The second-order valence-corrected chi connectivity index (χ2v) is 15.1. The van der Waals surface area contributed by atoms with Crippen LogP contribution in [0.1, 0.15) is 0 Å². The average molecular weight is 770 g/mol. The van der Waals surface area contributed by atoms with Gasteiger partial charge in [0.05, 0.1) is 27.8 Å². The molecule has 0 N–H and O–H groups in total. The van der Waals surface area contributed by atoms with Crippen molar-refractivity contribution in [1.29, 1.82) is 0 Å². The van der Waals surface area contributed by atoms with Crippen LogP contribution in [-0.4, -0.2) is 9.55 Å². The van der Waals surface area contributed by atoms with Crippen molar-refractivity contribution >= 4 is 71.9 Å². The van der Waals surface area contributed by atoms with Gasteiger partial charge < -0.3 is 18.3 Å². The summed E-state index contributed by atoms with van der Waals surface area (Å²) in [7, 11) is 0. The number of aromatic nitrogens is 2. The molecule has 5 nitrogen and oxygen atoms in total. The molecular formula is C55H35N3O2. The van der Waals surface area contributed by atoms with Gasteiger partial charge >= 0.3 is 0 Å². The molecule has 282 valence electrons. The third-order valence-corrected chi connectivity index (χ3v) is 11.6. The number of hydrogen-bond acceptors (Lipinski definition) is 4. The van der Waals surface area contributed by atoms with Crippen molar-refractivity contribution in [3.8, 4) is 39.4 Å². The van der Waals surface area contributed by atoms with Crippen LogP contribution in [0, 0.1) is 0 Å². The lowest BCUT2D eigenvalue weighted by Gasteiger charge is -2.29. The van der Waals surface area contributed by atoms with Crippen molar-refractivity contribution in [3.05, 3.63) is 212 Å². The molecule has 12 rings (SSSR count). The van der Waals surface area contributed by atoms with E-state index in [0.717, 1.165) is 89.1 Å². The zero-order chi connectivity index (χ0) is 39.6. The lowest BCUT2D eigenvalue weighted by atomic mass is 10.00. The number of oxazole rings is 1. The summed E-state index contributed by atoms with van der Waals surface area (Å²) in [6, 6.07) is 74.7. The Hall–Kier alpha value is -8.15. The van der Waals surface area contributed by atoms with Gasteiger partial charge in [0.25, 0.3) is 0 Å². The monoisotopic (exact) mass is 769 g/mol. The topological polar surface area (TPSA) is 47.3 Å². The maximum atomic E-state index is 6.49. The standard InChI is InChI=1S/C55H35N3O2/c1-4-15-37(16-5-1)42-21-10-12-24-47(42)57(49-26-14-23-44-43-22-11-13-25-48(43)58(53(44)49)40-19-8-3-9-20-40)41-30-27-36(28-31-41)39-29-32-45-51(35-39)59-50-34-33-46-54(52(45)50)60-55(56-46)38-17-6-2-7-18-38/h1-35H. The lowest BCUT2D eigenvalue weighted by Crippen LogP contribution is -2.12. The highest BCUT2D eigenvalue weighted by molar-refractivity contribution is 6.17. The Morgan fingerprint density at radius 1 is 0.433 bits per heavy atom. The van der Waals surface area contributed by atoms with Crippen LogP contribution in [0.15, 0.2) is 221 Å². The zero-order valence-corrected chi connectivity index (χ0v) is 32.4. The Bertz CT molecular complexity index is 3530. The van der Waals surface area contributed by atoms with Crippen molar-refractivity contribution in [2.45, 2.75) is 0 Å². The van der Waals surface area contributed by atoms with E-state index in [-0.39, 0.29) is 0 Å². The minimum atomic E-state index is 0.599. The first-order valence-electron chi connectivity index (χ1n) is 20.2. The quantitative estimate of drug-likeness (QED) is 0.162. The molecule has 12 aromatic rings. The molecule has 0 aliphatic carbocycles. The molecule has 5 heteroatoms. The molecule has 0 unspecified atom stereocenters. The fourth-order valence-electron chi connectivity index (χ4n) is 8.90. The first-order chi connectivity index (χ1) is 29.8. The van der Waals surface area contributed by atoms with Gasteiger partial charge in [-0.2, -0.15) is 0 Å². The van der Waals surface area contributed by atoms with E-state index in [2.05, 4.69) is 179 Å². The zero-order valence-electron chi connectivity index (χ0n) is 32.4. The molecule has 0 amide bonds. The van der Waals surface area contributed by atoms with E-state index >= 15 is 0 Å². The average Bonchev–Trinajstić information content (AvgIpc) is 4.02. The lowest BCUT2D eigenvalue weighted by molar-refractivity contribution is 0.622. The van der Waals surface area contributed by atoms with Crippen molar-refractivity contribution in [2.75, 3.05) is 4.90 Å². The highest BCUT2D eigenvalue weighted by atomic mass is 16.4. The molecule has 3 heterocycles. The molecular weight excluding hydrogens is 735 g/mol. The molecule has 3 aromatic heterocycles. The summed E-state index contributed by atoms with van der Waals surface area (Å²) in [5, 5.41) is 4.35. The van der Waals surface area contributed by atoms with Gasteiger partial charge in [-0.1, -0.05) is 133 Å². The maximum absolute atomic E-state index is 6.49. The number of rotatable bonds is 7. The summed E-state index contributed by atoms with van der Waals surface area (Å²) >= 11 is 0. The Morgan fingerprint density at radius 2 is 1.10 bits per heavy atom. The van der Waals surface area contributed by atoms with E-state index in [1.165, 1.54) is 16.3 Å². The normalized spacial score (nSPS) is 11.7. The van der Waals surface area contributed by atoms with Crippen LogP contribution in [0.3, 0.4) is 0 Å². The number of para-hydroxylation sites is 4. The van der Waals surface area contributed by atoms with Gasteiger partial charge in [0.15, 0.2) is 5.58 Å². The molecule has 0 spiro atoms. The molecule has 9 aromatic carbocycles. The van der Waals surface area contributed by atoms with Crippen LogP contribution in [0.4, 0.5) is 17.1 Å². The third-order valence-electron chi connectivity index (χ3n) is 11.6. The summed E-state index contributed by atoms with van der Waals surface area (Å²) in [4.78, 5) is 7.23. The van der Waals surface area contributed by atoms with E-state index in [4.69, 9.17) is 13.8 Å². The van der Waals surface area contributed by atoms with Crippen LogP contribution >= 0.6 is 0 Å². The minimum Gasteiger partial charge on any atom is -0.456 e. The van der Waals surface area contributed by atoms with Crippen LogP contribution in [0.25, 0.3) is 94.2 Å². The van der Waals surface area contributed by atoms with Crippen LogP contribution in [0.2, 0.25) is 0 Å². The fourth-order valence-corrected chi connectivity index (χ4v) is 8.90. The first kappa shape index (κ1) is 33.9. The Balaban J connectivity index is 1.02. The van der Waals surface area contributed by atoms with E-state index < -0.39 is 0 Å². The SMILES string of the molecule is c1ccc(-c2nc3ccc4oc5cc(-c6ccc(N(c7ccccc7-c7ccccc7)c7cccc8c9ccccc9n(-c9ccccc9)c78)cc6)ccc5c4c3o2)cc1. The first-order valence-corrected chi connectivity index (χ1v) is 20.2. The van der Waals surface area contributed by atoms with Gasteiger partial charge in [-0.05, 0) is 95.6 Å². The second-order valence-electron chi connectivity index (χ2n) is 15.1. The van der Waals surface area contributed by atoms with Crippen LogP contribution < -0.4 is 4.90 Å². The van der Waals surface area contributed by atoms with Crippen molar-refractivity contribution in [3.63, 3.8) is 0 Å². The summed E-state index contributed by atoms with van der Waals surface area (Å²) in [5.74, 6) is 0.599. The summed E-state index contributed by atoms with van der Waals surface area (Å²) in [6.45, 7) is 0. The van der Waals surface area contributed by atoms with Gasteiger partial charge in [0.2, 0.25) is 5.89 Å². The van der Waals surface area contributed by atoms with E-state index in [1.807, 2.05) is 42.5 Å². The molecule has 0 radical (unpaired) electrons. The van der Waals surface area contributed by atoms with Gasteiger partial charge in [-0.3, -0.25) is 0 Å². The molecule has 60 heavy (non-hydrogen) atoms. The predicted molar refractivity (Wildman–Crippen MR) is 247 cm³/mol. The van der Waals surface area contributed by atoms with E-state index in [9.17, 15) is 0 Å². The highest BCUT2D eigenvalue weighted by Gasteiger charge is 2.24. The fraction of sp³-hybridized carbons (Fsp3) is 0. The third kappa shape index (κ3) is 5.44. The second kappa shape index (κ2) is 13.8. The van der Waals surface area contributed by atoms with Crippen LogP contribution in [-0.2, 0) is 0 Å². The van der Waals surface area contributed by atoms with Crippen LogP contribution in [0.5, 0.6) is 0 Å². The molecule has 0 aliphatic rings. The summed E-state index contributed by atoms with van der Waals surface area (Å²) in [6.07, 6.45) is 0. The molecule has 0 saturated heterocycles. The largest absolute Gasteiger partial charge is 0.456 e. The summed E-state index contributed by atoms with van der Waals surface area (Å²) < 4.78 is 15.3. The molecule has 0 aliphatic heterocycles. The van der Waals surface area contributed by atoms with Gasteiger partial charge in [-0.25, -0.2) is 4.98 Å². The number of hydrogen-bond donors (Lipinski definition) is 0. The van der Waals surface area contributed by atoms with E-state index in [1.54, 1.807) is 0 Å². The number of nitrogens with zero attached hydrogens (tertiary/aromatic N) is 3. The van der Waals surface area contributed by atoms with Crippen molar-refractivity contribution < 1.29 is 8.83 Å². The molecule has 0 atom stereocenters. The highest BCUT2D eigenvalue weighted by Crippen LogP contribution is 2.47. The smallest absolute Gasteiger partial charge is 0.227 e. The molecule has 0 saturated carbocycles. The number of benzene rings is 9. The minimum absolute atomic E-state index is 0.599. The Morgan fingerprint density at radius 3 is 1.92 bits per heavy atom. The molecule has 0 fully saturated rings. The van der Waals surface area contributed by atoms with Gasteiger partial charge in [-0.15, -0.1) is 0 Å². The van der Waals surface area contributed by atoms with Gasteiger partial charge in [0, 0.05) is 38.7 Å². The van der Waals surface area contributed by atoms with E-state index in [0.29, 0.717) is 5.89 Å². The summed E-state index contributed by atoms with van der Waals surface area (Å²) in [5.41, 5.74) is 15.2. The van der Waals surface area contributed by atoms with Crippen molar-refractivity contribution in [2.24, 2.45) is 0 Å². The van der Waals surface area contributed by atoms with Gasteiger partial charge in [0.1, 0.15) is 16.7 Å². The Kier molecular flexibility index (Phi) is 7.78. The Labute approximate surface area is 345 Å². The maximum Gasteiger partial charge on any atom is 0.227 e. The number of anilines is 3. The number of fused-ring (bicyclic) bond motifs is 8. The van der Waals surface area contributed by atoms with Crippen molar-refractivity contribution in [1.82, 2.24) is 9.55 Å².